The van der Waals surface area contributed by atoms with E-state index in [1.54, 1.807) is 0 Å². The Morgan fingerprint density at radius 2 is 1.85 bits per heavy atom. The summed E-state index contributed by atoms with van der Waals surface area (Å²) in [7, 11) is 0. The first kappa shape index (κ1) is 7.76. The van der Waals surface area contributed by atoms with E-state index in [2.05, 4.69) is 21.9 Å². The van der Waals surface area contributed by atoms with Crippen LogP contribution in [0.2, 0.25) is 0 Å². The Labute approximate surface area is 72.8 Å². The molecule has 0 aromatic heterocycles. The zero-order valence-corrected chi connectivity index (χ0v) is 6.38. The number of rotatable bonds is 1. The van der Waals surface area contributed by atoms with E-state index >= 15 is 0 Å². The largest absolute Gasteiger partial charge is 0.344 e. The van der Waals surface area contributed by atoms with Gasteiger partial charge in [-0.2, -0.15) is 0 Å². The minimum atomic E-state index is -0.653. The SMILES string of the molecule is Fc1cc(F)cc(C2=NN[C+]=N2)c1. The Morgan fingerprint density at radius 1 is 1.15 bits per heavy atom. The van der Waals surface area contributed by atoms with Gasteiger partial charge in [-0.05, 0) is 5.10 Å². The number of halogens is 2. The van der Waals surface area contributed by atoms with Crippen molar-refractivity contribution in [3.63, 3.8) is 0 Å². The average molecular weight is 180 g/mol. The summed E-state index contributed by atoms with van der Waals surface area (Å²) in [6, 6.07) is 3.10. The molecule has 0 unspecified atom stereocenters. The second-order valence-corrected chi connectivity index (χ2v) is 2.43. The fraction of sp³-hybridized carbons (Fsp3) is 0. The highest BCUT2D eigenvalue weighted by Gasteiger charge is 2.18. The lowest BCUT2D eigenvalue weighted by Gasteiger charge is -1.91. The minimum Gasteiger partial charge on any atom is -0.207 e. The molecule has 64 valence electrons. The molecule has 0 radical (unpaired) electrons. The van der Waals surface area contributed by atoms with Crippen LogP contribution in [-0.2, 0) is 0 Å². The first-order chi connectivity index (χ1) is 6.25. The molecular formula is C8H4F2N3+. The number of nitrogens with one attached hydrogen (secondary N) is 1. The normalized spacial score (nSPS) is 13.5. The van der Waals surface area contributed by atoms with Crippen LogP contribution < -0.4 is 5.43 Å². The van der Waals surface area contributed by atoms with Crippen molar-refractivity contribution < 1.29 is 8.78 Å². The monoisotopic (exact) mass is 180 g/mol. The lowest BCUT2D eigenvalue weighted by atomic mass is 10.2. The third-order valence-electron chi connectivity index (χ3n) is 1.49. The zero-order valence-electron chi connectivity index (χ0n) is 6.38. The minimum absolute atomic E-state index is 0.221. The van der Waals surface area contributed by atoms with Gasteiger partial charge in [0.1, 0.15) is 17.2 Å². The molecule has 13 heavy (non-hydrogen) atoms. The van der Waals surface area contributed by atoms with Crippen molar-refractivity contribution in [3.8, 4) is 0 Å². The highest BCUT2D eigenvalue weighted by molar-refractivity contribution is 6.04. The van der Waals surface area contributed by atoms with Crippen LogP contribution in [0.1, 0.15) is 5.56 Å². The molecule has 1 aromatic rings. The van der Waals surface area contributed by atoms with Crippen molar-refractivity contribution in [3.05, 3.63) is 35.4 Å². The quantitative estimate of drug-likeness (QED) is 0.646. The van der Waals surface area contributed by atoms with Crippen LogP contribution in [0.25, 0.3) is 0 Å². The molecule has 5 heteroatoms. The second kappa shape index (κ2) is 2.88. The van der Waals surface area contributed by atoms with Gasteiger partial charge in [0, 0.05) is 23.2 Å². The van der Waals surface area contributed by atoms with Crippen LogP contribution in [0.5, 0.6) is 0 Å². The maximum Gasteiger partial charge on any atom is 0.344 e. The lowest BCUT2D eigenvalue weighted by Crippen LogP contribution is -1.98. The highest BCUT2D eigenvalue weighted by Crippen LogP contribution is 2.10. The lowest BCUT2D eigenvalue weighted by molar-refractivity contribution is 0.583. The highest BCUT2D eigenvalue weighted by atomic mass is 19.1. The summed E-state index contributed by atoms with van der Waals surface area (Å²) < 4.78 is 25.4. The molecule has 2 rings (SSSR count). The maximum atomic E-state index is 12.7. The molecule has 0 spiro atoms. The predicted molar refractivity (Wildman–Crippen MR) is 43.5 cm³/mol. The molecular weight excluding hydrogens is 176 g/mol. The smallest absolute Gasteiger partial charge is 0.207 e. The number of hydrazone groups is 1. The molecule has 0 bridgehead atoms. The van der Waals surface area contributed by atoms with Gasteiger partial charge in [0.25, 0.3) is 0 Å². The van der Waals surface area contributed by atoms with Gasteiger partial charge in [-0.15, -0.1) is 5.43 Å². The number of nitrogens with zero attached hydrogens (tertiary/aromatic N) is 2. The van der Waals surface area contributed by atoms with Crippen molar-refractivity contribution in [2.24, 2.45) is 10.1 Å². The summed E-state index contributed by atoms with van der Waals surface area (Å²) in [4.78, 5) is 3.64. The zero-order chi connectivity index (χ0) is 9.26. The number of aliphatic imine (C=N–C) groups is 1. The van der Waals surface area contributed by atoms with E-state index in [9.17, 15) is 8.78 Å². The molecule has 0 amide bonds. The van der Waals surface area contributed by atoms with Crippen LogP contribution in [0, 0.1) is 11.6 Å². The third-order valence-corrected chi connectivity index (χ3v) is 1.49. The molecule has 0 atom stereocenters. The topological polar surface area (TPSA) is 36.8 Å². The summed E-state index contributed by atoms with van der Waals surface area (Å²) in [6.45, 7) is 0. The maximum absolute atomic E-state index is 12.7. The molecule has 1 N–H and O–H groups in total. The van der Waals surface area contributed by atoms with Gasteiger partial charge in [0.2, 0.25) is 0 Å². The Bertz CT molecular complexity index is 378. The van der Waals surface area contributed by atoms with E-state index in [4.69, 9.17) is 0 Å². The van der Waals surface area contributed by atoms with E-state index in [1.807, 2.05) is 0 Å². The number of amidine groups is 1. The van der Waals surface area contributed by atoms with Gasteiger partial charge in [-0.25, -0.2) is 8.78 Å². The molecule has 3 nitrogen and oxygen atoms in total. The molecule has 0 saturated carbocycles. The first-order valence-corrected chi connectivity index (χ1v) is 3.50. The second-order valence-electron chi connectivity index (χ2n) is 2.43. The summed E-state index contributed by atoms with van der Waals surface area (Å²) in [5.41, 5.74) is 2.62. The standard InChI is InChI=1S/C8H4F2N3/c9-6-1-5(2-7(10)3-6)8-11-4-12-13-8/h1-3H,(H,11,12,13)/q+1. The van der Waals surface area contributed by atoms with Crippen molar-refractivity contribution in [2.45, 2.75) is 0 Å². The molecule has 1 aliphatic rings. The Balaban J connectivity index is 2.45. The van der Waals surface area contributed by atoms with Crippen molar-refractivity contribution in [1.29, 1.82) is 0 Å². The van der Waals surface area contributed by atoms with Crippen molar-refractivity contribution >= 4 is 12.2 Å². The molecule has 1 aliphatic heterocycles. The van der Waals surface area contributed by atoms with Crippen LogP contribution in [0.15, 0.2) is 28.3 Å². The van der Waals surface area contributed by atoms with E-state index in [-0.39, 0.29) is 11.4 Å². The van der Waals surface area contributed by atoms with Gasteiger partial charge in [0.05, 0.1) is 0 Å². The first-order valence-electron chi connectivity index (χ1n) is 3.50. The predicted octanol–water partition coefficient (Wildman–Crippen LogP) is 1.13. The molecule has 0 fully saturated rings. The Hall–Kier alpha value is -1.87. The Morgan fingerprint density at radius 3 is 2.38 bits per heavy atom. The van der Waals surface area contributed by atoms with Gasteiger partial charge in [-0.3, -0.25) is 0 Å². The molecule has 1 heterocycles. The van der Waals surface area contributed by atoms with Crippen molar-refractivity contribution in [2.75, 3.05) is 0 Å². The van der Waals surface area contributed by atoms with Crippen LogP contribution in [0.3, 0.4) is 0 Å². The fourth-order valence-corrected chi connectivity index (χ4v) is 0.993. The summed E-state index contributed by atoms with van der Waals surface area (Å²) in [5.74, 6) is -1.09. The van der Waals surface area contributed by atoms with Crippen LogP contribution in [-0.4, -0.2) is 12.2 Å². The van der Waals surface area contributed by atoms with Gasteiger partial charge >= 0.3 is 12.2 Å². The summed E-state index contributed by atoms with van der Waals surface area (Å²) >= 11 is 0. The van der Waals surface area contributed by atoms with E-state index in [0.29, 0.717) is 0 Å². The molecule has 1 aromatic carbocycles. The van der Waals surface area contributed by atoms with Crippen LogP contribution in [0.4, 0.5) is 8.78 Å². The van der Waals surface area contributed by atoms with E-state index in [0.717, 1.165) is 18.2 Å². The number of hydrogen-bond donors (Lipinski definition) is 1. The van der Waals surface area contributed by atoms with E-state index in [1.165, 1.54) is 0 Å². The number of benzene rings is 1. The van der Waals surface area contributed by atoms with Gasteiger partial charge in [-0.1, -0.05) is 0 Å². The fourth-order valence-electron chi connectivity index (χ4n) is 0.993. The van der Waals surface area contributed by atoms with Crippen LogP contribution >= 0.6 is 0 Å². The number of hydrogen-bond acceptors (Lipinski definition) is 3. The summed E-state index contributed by atoms with van der Waals surface area (Å²) in [6.07, 6.45) is 2.34. The Kier molecular flexibility index (Phi) is 1.72. The molecule has 0 saturated heterocycles. The van der Waals surface area contributed by atoms with E-state index < -0.39 is 11.6 Å². The van der Waals surface area contributed by atoms with Gasteiger partial charge in [0.15, 0.2) is 0 Å². The molecule has 0 aliphatic carbocycles. The van der Waals surface area contributed by atoms with Crippen molar-refractivity contribution in [1.82, 2.24) is 5.43 Å². The van der Waals surface area contributed by atoms with Gasteiger partial charge < -0.3 is 0 Å². The summed E-state index contributed by atoms with van der Waals surface area (Å²) in [5, 5.41) is 3.64. The third kappa shape index (κ3) is 1.50. The average Bonchev–Trinajstić information content (AvgIpc) is 2.53.